The number of hydrogen-bond donors (Lipinski definition) is 1. The van der Waals surface area contributed by atoms with E-state index < -0.39 is 5.54 Å². The summed E-state index contributed by atoms with van der Waals surface area (Å²) in [6.45, 7) is 5.76. The molecular weight excluding hydrogens is 224 g/mol. The Hall–Kier alpha value is -0.710. The van der Waals surface area contributed by atoms with Gasteiger partial charge >= 0.3 is 0 Å². The summed E-state index contributed by atoms with van der Waals surface area (Å²) in [5.74, 6) is 0.836. The van der Waals surface area contributed by atoms with Crippen molar-refractivity contribution >= 4 is 23.6 Å². The molecule has 16 heavy (non-hydrogen) atoms. The van der Waals surface area contributed by atoms with Gasteiger partial charge < -0.3 is 10.2 Å². The van der Waals surface area contributed by atoms with Gasteiger partial charge in [0.05, 0.1) is 6.54 Å². The number of nitrogens with zero attached hydrogens (tertiary/aromatic N) is 1. The predicted octanol–water partition coefficient (Wildman–Crippen LogP) is 0.865. The zero-order chi connectivity index (χ0) is 12.3. The van der Waals surface area contributed by atoms with E-state index in [-0.39, 0.29) is 24.4 Å². The minimum Gasteiger partial charge on any atom is -0.341 e. The van der Waals surface area contributed by atoms with Crippen molar-refractivity contribution in [3.63, 3.8) is 0 Å². The monoisotopic (exact) mass is 244 g/mol. The highest BCUT2D eigenvalue weighted by Crippen LogP contribution is 2.19. The smallest absolute Gasteiger partial charge is 0.248 e. The number of carbonyl (C=O) groups excluding carboxylic acids is 2. The number of hydrogen-bond acceptors (Lipinski definition) is 3. The summed E-state index contributed by atoms with van der Waals surface area (Å²) >= 11 is 1.71. The van der Waals surface area contributed by atoms with Gasteiger partial charge in [-0.3, -0.25) is 9.59 Å². The average molecular weight is 244 g/mol. The van der Waals surface area contributed by atoms with Crippen LogP contribution >= 0.6 is 11.8 Å². The molecule has 1 heterocycles. The lowest BCUT2D eigenvalue weighted by Gasteiger charge is -2.41. The molecule has 4 nitrogen and oxygen atoms in total. The number of nitrogens with one attached hydrogen (secondary N) is 1. The molecule has 1 rings (SSSR count). The van der Waals surface area contributed by atoms with Crippen molar-refractivity contribution in [2.45, 2.75) is 38.8 Å². The van der Waals surface area contributed by atoms with E-state index in [1.165, 1.54) is 0 Å². The van der Waals surface area contributed by atoms with E-state index in [2.05, 4.69) is 5.32 Å². The van der Waals surface area contributed by atoms with Crippen LogP contribution in [0.4, 0.5) is 0 Å². The van der Waals surface area contributed by atoms with Crippen LogP contribution in [-0.2, 0) is 9.59 Å². The molecule has 0 bridgehead atoms. The summed E-state index contributed by atoms with van der Waals surface area (Å²) in [7, 11) is 0. The first-order valence-corrected chi connectivity index (χ1v) is 6.92. The van der Waals surface area contributed by atoms with Gasteiger partial charge in [0.15, 0.2) is 0 Å². The minimum absolute atomic E-state index is 0.0213. The van der Waals surface area contributed by atoms with Crippen molar-refractivity contribution in [2.75, 3.05) is 18.6 Å². The molecule has 1 unspecified atom stereocenters. The van der Waals surface area contributed by atoms with Crippen LogP contribution in [-0.4, -0.2) is 46.8 Å². The third-order valence-electron chi connectivity index (χ3n) is 2.83. The Morgan fingerprint density at radius 3 is 2.62 bits per heavy atom. The van der Waals surface area contributed by atoms with Crippen LogP contribution in [0.3, 0.4) is 0 Å². The van der Waals surface area contributed by atoms with E-state index in [0.717, 1.165) is 12.2 Å². The van der Waals surface area contributed by atoms with Crippen LogP contribution in [0.2, 0.25) is 0 Å². The molecule has 0 spiro atoms. The fourth-order valence-electron chi connectivity index (χ4n) is 1.94. The molecule has 2 amide bonds. The van der Waals surface area contributed by atoms with Crippen molar-refractivity contribution < 1.29 is 9.59 Å². The first-order valence-electron chi connectivity index (χ1n) is 5.53. The van der Waals surface area contributed by atoms with Gasteiger partial charge in [0.2, 0.25) is 11.8 Å². The molecule has 1 saturated heterocycles. The van der Waals surface area contributed by atoms with E-state index in [4.69, 9.17) is 0 Å². The highest BCUT2D eigenvalue weighted by Gasteiger charge is 2.41. The maximum absolute atomic E-state index is 12.2. The van der Waals surface area contributed by atoms with Crippen LogP contribution in [0.15, 0.2) is 0 Å². The van der Waals surface area contributed by atoms with Crippen LogP contribution in [0.25, 0.3) is 0 Å². The Kier molecular flexibility index (Phi) is 4.24. The SMILES string of the molecule is CCC(CSC)N1CC(=O)NC(C)(C)C1=O. The normalized spacial score (nSPS) is 21.9. The van der Waals surface area contributed by atoms with E-state index in [9.17, 15) is 9.59 Å². The maximum Gasteiger partial charge on any atom is 0.248 e. The van der Waals surface area contributed by atoms with Crippen LogP contribution in [0.5, 0.6) is 0 Å². The number of carbonyl (C=O) groups is 2. The molecule has 0 aliphatic carbocycles. The Morgan fingerprint density at radius 2 is 2.12 bits per heavy atom. The second-order valence-electron chi connectivity index (χ2n) is 4.62. The summed E-state index contributed by atoms with van der Waals surface area (Å²) < 4.78 is 0. The lowest BCUT2D eigenvalue weighted by atomic mass is 9.98. The highest BCUT2D eigenvalue weighted by atomic mass is 32.2. The lowest BCUT2D eigenvalue weighted by molar-refractivity contribution is -0.150. The van der Waals surface area contributed by atoms with Crippen molar-refractivity contribution in [2.24, 2.45) is 0 Å². The van der Waals surface area contributed by atoms with E-state index in [0.29, 0.717) is 0 Å². The molecule has 5 heteroatoms. The van der Waals surface area contributed by atoms with E-state index >= 15 is 0 Å². The molecule has 0 saturated carbocycles. The Morgan fingerprint density at radius 1 is 1.50 bits per heavy atom. The van der Waals surface area contributed by atoms with Gasteiger partial charge in [0, 0.05) is 11.8 Å². The Balaban J connectivity index is 2.85. The van der Waals surface area contributed by atoms with Crippen molar-refractivity contribution in [1.82, 2.24) is 10.2 Å². The molecule has 0 aromatic heterocycles. The average Bonchev–Trinajstić information content (AvgIpc) is 2.19. The molecule has 1 aliphatic rings. The first kappa shape index (κ1) is 13.4. The Bertz CT molecular complexity index is 292. The third kappa shape index (κ3) is 2.70. The van der Waals surface area contributed by atoms with Gasteiger partial charge in [-0.15, -0.1) is 0 Å². The zero-order valence-corrected chi connectivity index (χ0v) is 11.2. The fraction of sp³-hybridized carbons (Fsp3) is 0.818. The van der Waals surface area contributed by atoms with Gasteiger partial charge in [-0.05, 0) is 26.5 Å². The van der Waals surface area contributed by atoms with Crippen LogP contribution < -0.4 is 5.32 Å². The van der Waals surface area contributed by atoms with Crippen LogP contribution in [0.1, 0.15) is 27.2 Å². The van der Waals surface area contributed by atoms with E-state index in [1.54, 1.807) is 30.5 Å². The summed E-state index contributed by atoms with van der Waals surface area (Å²) in [4.78, 5) is 25.4. The predicted molar refractivity (Wildman–Crippen MR) is 66.4 cm³/mol. The van der Waals surface area contributed by atoms with Gasteiger partial charge in [0.1, 0.15) is 5.54 Å². The van der Waals surface area contributed by atoms with Crippen molar-refractivity contribution in [1.29, 1.82) is 0 Å². The zero-order valence-electron chi connectivity index (χ0n) is 10.4. The topological polar surface area (TPSA) is 49.4 Å². The molecule has 0 radical (unpaired) electrons. The molecular formula is C11H20N2O2S. The molecule has 92 valence electrons. The second kappa shape index (κ2) is 5.08. The molecule has 0 aromatic carbocycles. The van der Waals surface area contributed by atoms with Crippen molar-refractivity contribution in [3.05, 3.63) is 0 Å². The van der Waals surface area contributed by atoms with Crippen molar-refractivity contribution in [3.8, 4) is 0 Å². The second-order valence-corrected chi connectivity index (χ2v) is 5.53. The number of piperazine rings is 1. The molecule has 1 atom stereocenters. The standard InChI is InChI=1S/C11H20N2O2S/c1-5-8(7-16-4)13-6-9(14)12-11(2,3)10(13)15/h8H,5-7H2,1-4H3,(H,12,14). The molecule has 0 aromatic rings. The lowest BCUT2D eigenvalue weighted by Crippen LogP contribution is -2.66. The maximum atomic E-state index is 12.2. The molecule has 1 aliphatic heterocycles. The van der Waals surface area contributed by atoms with Crippen LogP contribution in [0, 0.1) is 0 Å². The first-order chi connectivity index (χ1) is 7.42. The third-order valence-corrected chi connectivity index (χ3v) is 3.55. The summed E-state index contributed by atoms with van der Waals surface area (Å²) in [5.41, 5.74) is -0.763. The van der Waals surface area contributed by atoms with Gasteiger partial charge in [-0.25, -0.2) is 0 Å². The highest BCUT2D eigenvalue weighted by molar-refractivity contribution is 7.98. The molecule has 1 N–H and O–H groups in total. The number of amides is 2. The number of rotatable bonds is 4. The van der Waals surface area contributed by atoms with Gasteiger partial charge in [0.25, 0.3) is 0 Å². The number of thioether (sulfide) groups is 1. The quantitative estimate of drug-likeness (QED) is 0.798. The largest absolute Gasteiger partial charge is 0.341 e. The Labute approximate surface area is 101 Å². The van der Waals surface area contributed by atoms with Gasteiger partial charge in [-0.2, -0.15) is 11.8 Å². The molecule has 1 fully saturated rings. The fourth-order valence-corrected chi connectivity index (χ4v) is 2.74. The van der Waals surface area contributed by atoms with Gasteiger partial charge in [-0.1, -0.05) is 6.92 Å². The summed E-state index contributed by atoms with van der Waals surface area (Å²) in [6, 6.07) is 0.160. The summed E-state index contributed by atoms with van der Waals surface area (Å²) in [5, 5.41) is 2.72. The van der Waals surface area contributed by atoms with E-state index in [1.807, 2.05) is 13.2 Å². The minimum atomic E-state index is -0.763. The summed E-state index contributed by atoms with van der Waals surface area (Å²) in [6.07, 6.45) is 2.90.